The van der Waals surface area contributed by atoms with E-state index < -0.39 is 24.3 Å². The number of anilines is 1. The topological polar surface area (TPSA) is 49.8 Å². The lowest BCUT2D eigenvalue weighted by atomic mass is 10.1. The van der Waals surface area contributed by atoms with Crippen LogP contribution in [0.4, 0.5) is 18.9 Å². The van der Waals surface area contributed by atoms with Gasteiger partial charge in [0.2, 0.25) is 0 Å². The van der Waals surface area contributed by atoms with Crippen molar-refractivity contribution in [1.29, 1.82) is 0 Å². The normalized spacial score (nSPS) is 11.1. The fourth-order valence-electron chi connectivity index (χ4n) is 3.53. The van der Waals surface area contributed by atoms with Gasteiger partial charge < -0.3 is 5.11 Å². The number of halogens is 3. The van der Waals surface area contributed by atoms with Crippen LogP contribution in [0.5, 0.6) is 0 Å². The molecule has 4 nitrogen and oxygen atoms in total. The molecule has 0 saturated carbocycles. The van der Waals surface area contributed by atoms with E-state index in [-0.39, 0.29) is 6.54 Å². The van der Waals surface area contributed by atoms with Crippen molar-refractivity contribution in [3.63, 3.8) is 0 Å². The maximum atomic E-state index is 12.8. The number of aliphatic carboxylic acids is 1. The summed E-state index contributed by atoms with van der Waals surface area (Å²) in [4.78, 5) is 16.3. The zero-order chi connectivity index (χ0) is 25.5. The van der Waals surface area contributed by atoms with Crippen molar-refractivity contribution in [2.75, 3.05) is 11.7 Å². The Bertz CT molecular complexity index is 945. The standard InChI is InChI=1S/C28H34F3NO3/c1-2-3-4-5-6-7-8-9-10-11-12-23-15-19-26(20-16-23)32(35-22-27(33)34)21-24-13-17-25(18-14-24)28(29,30)31/h13-20H,2-10,21-22H2,1H3,(H,33,34). The number of hydroxylamine groups is 1. The number of nitrogens with zero attached hydrogens (tertiary/aromatic N) is 1. The van der Waals surface area contributed by atoms with Crippen molar-refractivity contribution in [2.24, 2.45) is 0 Å². The second kappa shape index (κ2) is 15.1. The number of unbranched alkanes of at least 4 members (excludes halogenated alkanes) is 8. The van der Waals surface area contributed by atoms with Gasteiger partial charge in [0, 0.05) is 12.0 Å². The summed E-state index contributed by atoms with van der Waals surface area (Å²) < 4.78 is 38.4. The van der Waals surface area contributed by atoms with Crippen LogP contribution in [0.3, 0.4) is 0 Å². The summed E-state index contributed by atoms with van der Waals surface area (Å²) in [5.41, 5.74) is 1.23. The third kappa shape index (κ3) is 11.3. The van der Waals surface area contributed by atoms with E-state index in [4.69, 9.17) is 9.94 Å². The van der Waals surface area contributed by atoms with Crippen LogP contribution in [0.2, 0.25) is 0 Å². The summed E-state index contributed by atoms with van der Waals surface area (Å²) in [6.45, 7) is 1.74. The highest BCUT2D eigenvalue weighted by Gasteiger charge is 2.30. The molecule has 0 amide bonds. The van der Waals surface area contributed by atoms with Gasteiger partial charge in [-0.15, -0.1) is 0 Å². The Morgan fingerprint density at radius 2 is 1.51 bits per heavy atom. The molecule has 7 heteroatoms. The van der Waals surface area contributed by atoms with Crippen molar-refractivity contribution in [3.8, 4) is 11.8 Å². The molecule has 0 aliphatic rings. The van der Waals surface area contributed by atoms with Crippen molar-refractivity contribution in [2.45, 2.75) is 77.4 Å². The van der Waals surface area contributed by atoms with Crippen LogP contribution in [0.15, 0.2) is 48.5 Å². The van der Waals surface area contributed by atoms with Gasteiger partial charge in [-0.25, -0.2) is 9.86 Å². The molecule has 0 saturated heterocycles. The first-order chi connectivity index (χ1) is 16.8. The van der Waals surface area contributed by atoms with Crippen LogP contribution in [0, 0.1) is 11.8 Å². The van der Waals surface area contributed by atoms with E-state index in [0.717, 1.165) is 30.5 Å². The molecule has 190 valence electrons. The maximum Gasteiger partial charge on any atom is 0.416 e. The molecule has 0 bridgehead atoms. The zero-order valence-corrected chi connectivity index (χ0v) is 20.2. The van der Waals surface area contributed by atoms with E-state index in [1.165, 1.54) is 62.1 Å². The molecule has 0 aliphatic carbocycles. The second-order valence-electron chi connectivity index (χ2n) is 8.47. The van der Waals surface area contributed by atoms with E-state index in [2.05, 4.69) is 18.8 Å². The Kier molecular flexibility index (Phi) is 12.2. The van der Waals surface area contributed by atoms with Crippen LogP contribution in [0.1, 0.15) is 81.4 Å². The van der Waals surface area contributed by atoms with Crippen LogP contribution < -0.4 is 5.06 Å². The average molecular weight is 490 g/mol. The minimum atomic E-state index is -4.41. The smallest absolute Gasteiger partial charge is 0.416 e. The first-order valence-electron chi connectivity index (χ1n) is 12.2. The lowest BCUT2D eigenvalue weighted by Gasteiger charge is -2.23. The highest BCUT2D eigenvalue weighted by atomic mass is 19.4. The molecule has 2 aromatic carbocycles. The third-order valence-electron chi connectivity index (χ3n) is 5.49. The first kappa shape index (κ1) is 28.3. The predicted molar refractivity (Wildman–Crippen MR) is 132 cm³/mol. The van der Waals surface area contributed by atoms with Gasteiger partial charge in [-0.3, -0.25) is 4.84 Å². The second-order valence-corrected chi connectivity index (χ2v) is 8.47. The summed E-state index contributed by atoms with van der Waals surface area (Å²) in [5, 5.41) is 10.3. The molecule has 2 rings (SSSR count). The SMILES string of the molecule is CCCCCCCCCCC#Cc1ccc(N(Cc2ccc(C(F)(F)F)cc2)OCC(=O)O)cc1. The fourth-order valence-corrected chi connectivity index (χ4v) is 3.53. The lowest BCUT2D eigenvalue weighted by molar-refractivity contribution is -0.143. The fraction of sp³-hybridized carbons (Fsp3) is 0.464. The van der Waals surface area contributed by atoms with Gasteiger partial charge in [0.25, 0.3) is 0 Å². The van der Waals surface area contributed by atoms with Crippen LogP contribution in [-0.2, 0) is 22.4 Å². The van der Waals surface area contributed by atoms with Gasteiger partial charge in [0.05, 0.1) is 17.8 Å². The summed E-state index contributed by atoms with van der Waals surface area (Å²) in [7, 11) is 0. The van der Waals surface area contributed by atoms with E-state index in [1.807, 2.05) is 12.1 Å². The molecule has 0 atom stereocenters. The van der Waals surface area contributed by atoms with E-state index in [1.54, 1.807) is 12.1 Å². The van der Waals surface area contributed by atoms with Crippen molar-refractivity contribution < 1.29 is 27.9 Å². The Hall–Kier alpha value is -2.98. The van der Waals surface area contributed by atoms with Gasteiger partial charge in [0.1, 0.15) is 0 Å². The van der Waals surface area contributed by atoms with Crippen molar-refractivity contribution in [1.82, 2.24) is 0 Å². The number of rotatable bonds is 14. The molecule has 0 aliphatic heterocycles. The molecule has 0 heterocycles. The van der Waals surface area contributed by atoms with Gasteiger partial charge in [-0.1, -0.05) is 75.8 Å². The minimum Gasteiger partial charge on any atom is -0.479 e. The third-order valence-corrected chi connectivity index (χ3v) is 5.49. The molecule has 0 radical (unpaired) electrons. The summed E-state index contributed by atoms with van der Waals surface area (Å²) in [6, 6.07) is 11.8. The Morgan fingerprint density at radius 3 is 2.09 bits per heavy atom. The Morgan fingerprint density at radius 1 is 0.914 bits per heavy atom. The van der Waals surface area contributed by atoms with Crippen molar-refractivity contribution >= 4 is 11.7 Å². The lowest BCUT2D eigenvalue weighted by Crippen LogP contribution is -2.26. The van der Waals surface area contributed by atoms with Crippen LogP contribution >= 0.6 is 0 Å². The molecule has 0 fully saturated rings. The monoisotopic (exact) mass is 489 g/mol. The number of hydrogen-bond donors (Lipinski definition) is 1. The molecular formula is C28H34F3NO3. The largest absolute Gasteiger partial charge is 0.479 e. The van der Waals surface area contributed by atoms with E-state index >= 15 is 0 Å². The predicted octanol–water partition coefficient (Wildman–Crippen LogP) is 7.61. The van der Waals surface area contributed by atoms with E-state index in [0.29, 0.717) is 11.3 Å². The molecule has 0 spiro atoms. The van der Waals surface area contributed by atoms with Crippen molar-refractivity contribution in [3.05, 3.63) is 65.2 Å². The Labute approximate surface area is 206 Å². The number of benzene rings is 2. The molecule has 1 N–H and O–H groups in total. The Balaban J connectivity index is 1.90. The average Bonchev–Trinajstić information content (AvgIpc) is 2.83. The van der Waals surface area contributed by atoms with Gasteiger partial charge in [-0.2, -0.15) is 13.2 Å². The van der Waals surface area contributed by atoms with Crippen LogP contribution in [0.25, 0.3) is 0 Å². The number of carboxylic acid groups (broad SMARTS) is 1. The summed E-state index contributed by atoms with van der Waals surface area (Å²) in [6.07, 6.45) is 6.50. The van der Waals surface area contributed by atoms with E-state index in [9.17, 15) is 18.0 Å². The molecule has 0 aromatic heterocycles. The number of alkyl halides is 3. The number of carboxylic acids is 1. The molecule has 0 unspecified atom stereocenters. The first-order valence-corrected chi connectivity index (χ1v) is 12.2. The quantitative estimate of drug-likeness (QED) is 0.169. The maximum absolute atomic E-state index is 12.8. The van der Waals surface area contributed by atoms with Crippen LogP contribution in [-0.4, -0.2) is 17.7 Å². The van der Waals surface area contributed by atoms with Gasteiger partial charge in [-0.05, 0) is 48.4 Å². The summed E-state index contributed by atoms with van der Waals surface area (Å²) in [5.74, 6) is 5.19. The molecular weight excluding hydrogens is 455 g/mol. The van der Waals surface area contributed by atoms with Gasteiger partial charge >= 0.3 is 12.1 Å². The van der Waals surface area contributed by atoms with Gasteiger partial charge in [0.15, 0.2) is 6.61 Å². The number of carbonyl (C=O) groups is 1. The number of hydrogen-bond acceptors (Lipinski definition) is 3. The highest BCUT2D eigenvalue weighted by molar-refractivity contribution is 5.68. The highest BCUT2D eigenvalue weighted by Crippen LogP contribution is 2.29. The minimum absolute atomic E-state index is 0.0921. The molecule has 35 heavy (non-hydrogen) atoms. The zero-order valence-electron chi connectivity index (χ0n) is 20.2. The molecule has 2 aromatic rings. The summed E-state index contributed by atoms with van der Waals surface area (Å²) >= 11 is 0.